The van der Waals surface area contributed by atoms with Gasteiger partial charge in [0.15, 0.2) is 0 Å². The van der Waals surface area contributed by atoms with E-state index in [4.69, 9.17) is 4.74 Å². The molecule has 1 rings (SSSR count). The van der Waals surface area contributed by atoms with Crippen molar-refractivity contribution in [1.82, 2.24) is 4.90 Å². The lowest BCUT2D eigenvalue weighted by atomic mass is 10.0. The molecule has 4 heteroatoms. The quantitative estimate of drug-likeness (QED) is 0.513. The molecule has 1 fully saturated rings. The van der Waals surface area contributed by atoms with Crippen LogP contribution in [0.5, 0.6) is 0 Å². The number of hydrogen-bond acceptors (Lipinski definition) is 3. The van der Waals surface area contributed by atoms with Gasteiger partial charge in [-0.1, -0.05) is 0 Å². The molecule has 0 aromatic heterocycles. The molecule has 0 aromatic carbocycles. The number of hydrogen-bond donors (Lipinski definition) is 0. The Morgan fingerprint density at radius 3 is 2.60 bits per heavy atom. The van der Waals surface area contributed by atoms with Gasteiger partial charge < -0.3 is 9.64 Å². The van der Waals surface area contributed by atoms with Gasteiger partial charge in [0, 0.05) is 6.54 Å². The highest BCUT2D eigenvalue weighted by atomic mass is 16.6. The van der Waals surface area contributed by atoms with Gasteiger partial charge in [0.2, 0.25) is 6.41 Å². The zero-order chi connectivity index (χ0) is 11.5. The highest BCUT2D eigenvalue weighted by molar-refractivity contribution is 5.78. The number of ether oxygens (including phenoxy) is 1. The van der Waals surface area contributed by atoms with Crippen LogP contribution in [0.4, 0.5) is 0 Å². The molecule has 1 saturated heterocycles. The first-order valence-corrected chi connectivity index (χ1v) is 5.38. The number of nitrogens with zero attached hydrogens (tertiary/aromatic N) is 1. The van der Waals surface area contributed by atoms with Crippen molar-refractivity contribution in [3.05, 3.63) is 0 Å². The summed E-state index contributed by atoms with van der Waals surface area (Å²) in [6.45, 7) is 6.16. The summed E-state index contributed by atoms with van der Waals surface area (Å²) in [6, 6.07) is -0.379. The maximum atomic E-state index is 11.8. The Bertz CT molecular complexity index is 245. The first-order valence-electron chi connectivity index (χ1n) is 5.38. The summed E-state index contributed by atoms with van der Waals surface area (Å²) in [5.41, 5.74) is -0.483. The minimum Gasteiger partial charge on any atom is -0.458 e. The van der Waals surface area contributed by atoms with Crippen molar-refractivity contribution in [2.45, 2.75) is 51.7 Å². The van der Waals surface area contributed by atoms with Crippen molar-refractivity contribution in [2.24, 2.45) is 0 Å². The molecule has 1 heterocycles. The summed E-state index contributed by atoms with van der Waals surface area (Å²) in [5.74, 6) is -0.283. The van der Waals surface area contributed by atoms with E-state index in [9.17, 15) is 9.59 Å². The molecule has 1 atom stereocenters. The molecule has 1 unspecified atom stereocenters. The number of esters is 1. The summed E-state index contributed by atoms with van der Waals surface area (Å²) in [5, 5.41) is 0. The van der Waals surface area contributed by atoms with Crippen LogP contribution in [0.25, 0.3) is 0 Å². The minimum absolute atomic E-state index is 0.283. The van der Waals surface area contributed by atoms with E-state index in [2.05, 4.69) is 0 Å². The van der Waals surface area contributed by atoms with Gasteiger partial charge in [-0.25, -0.2) is 4.79 Å². The lowest BCUT2D eigenvalue weighted by molar-refractivity contribution is -0.164. The summed E-state index contributed by atoms with van der Waals surface area (Å²) >= 11 is 0. The first kappa shape index (κ1) is 12.0. The second-order valence-corrected chi connectivity index (χ2v) is 4.89. The van der Waals surface area contributed by atoms with Gasteiger partial charge in [-0.3, -0.25) is 4.79 Å². The molecule has 86 valence electrons. The number of carbonyl (C=O) groups excluding carboxylic acids is 2. The fourth-order valence-electron chi connectivity index (χ4n) is 1.70. The third kappa shape index (κ3) is 3.53. The Morgan fingerprint density at radius 2 is 2.07 bits per heavy atom. The molecular weight excluding hydrogens is 194 g/mol. The number of rotatable bonds is 2. The SMILES string of the molecule is CC(C)(C)OC(=O)C1CCCCN1C=O. The van der Waals surface area contributed by atoms with Crippen LogP contribution < -0.4 is 0 Å². The molecule has 0 saturated carbocycles. The standard InChI is InChI=1S/C11H19NO3/c1-11(2,3)15-10(14)9-6-4-5-7-12(9)8-13/h8-9H,4-7H2,1-3H3. The molecule has 4 nitrogen and oxygen atoms in total. The second kappa shape index (κ2) is 4.64. The smallest absolute Gasteiger partial charge is 0.329 e. The van der Waals surface area contributed by atoms with Crippen LogP contribution in [0.3, 0.4) is 0 Å². The van der Waals surface area contributed by atoms with Crippen LogP contribution in [0.1, 0.15) is 40.0 Å². The van der Waals surface area contributed by atoms with E-state index in [-0.39, 0.29) is 12.0 Å². The lowest BCUT2D eigenvalue weighted by Gasteiger charge is -2.33. The Hall–Kier alpha value is -1.06. The average Bonchev–Trinajstić information content (AvgIpc) is 2.15. The van der Waals surface area contributed by atoms with Crippen LogP contribution >= 0.6 is 0 Å². The van der Waals surface area contributed by atoms with Gasteiger partial charge in [-0.2, -0.15) is 0 Å². The third-order valence-corrected chi connectivity index (χ3v) is 2.36. The highest BCUT2D eigenvalue weighted by Gasteiger charge is 2.31. The normalized spacial score (nSPS) is 22.3. The van der Waals surface area contributed by atoms with Gasteiger partial charge >= 0.3 is 5.97 Å². The molecule has 1 aliphatic heterocycles. The van der Waals surface area contributed by atoms with Crippen molar-refractivity contribution >= 4 is 12.4 Å². The molecule has 15 heavy (non-hydrogen) atoms. The Kier molecular flexibility index (Phi) is 3.72. The van der Waals surface area contributed by atoms with Crippen molar-refractivity contribution in [3.8, 4) is 0 Å². The zero-order valence-corrected chi connectivity index (χ0v) is 9.66. The van der Waals surface area contributed by atoms with Crippen LogP contribution in [-0.2, 0) is 14.3 Å². The van der Waals surface area contributed by atoms with E-state index in [0.29, 0.717) is 13.0 Å². The second-order valence-electron chi connectivity index (χ2n) is 4.89. The summed E-state index contributed by atoms with van der Waals surface area (Å²) in [7, 11) is 0. The number of amides is 1. The van der Waals surface area contributed by atoms with Crippen LogP contribution in [0, 0.1) is 0 Å². The number of carbonyl (C=O) groups is 2. The van der Waals surface area contributed by atoms with Gasteiger partial charge in [-0.15, -0.1) is 0 Å². The molecule has 0 spiro atoms. The molecule has 1 aliphatic rings. The highest BCUT2D eigenvalue weighted by Crippen LogP contribution is 2.19. The van der Waals surface area contributed by atoms with E-state index in [1.165, 1.54) is 4.90 Å². The van der Waals surface area contributed by atoms with Crippen molar-refractivity contribution < 1.29 is 14.3 Å². The van der Waals surface area contributed by atoms with E-state index < -0.39 is 5.60 Å². The van der Waals surface area contributed by atoms with Crippen LogP contribution in [0.2, 0.25) is 0 Å². The average molecular weight is 213 g/mol. The Morgan fingerprint density at radius 1 is 1.40 bits per heavy atom. The Labute approximate surface area is 90.6 Å². The van der Waals surface area contributed by atoms with E-state index in [1.54, 1.807) is 0 Å². The molecule has 0 aromatic rings. The van der Waals surface area contributed by atoms with Crippen LogP contribution in [0.15, 0.2) is 0 Å². The summed E-state index contributed by atoms with van der Waals surface area (Å²) in [6.07, 6.45) is 3.41. The summed E-state index contributed by atoms with van der Waals surface area (Å²) in [4.78, 5) is 24.1. The molecule has 0 bridgehead atoms. The van der Waals surface area contributed by atoms with E-state index >= 15 is 0 Å². The van der Waals surface area contributed by atoms with Gasteiger partial charge in [0.25, 0.3) is 0 Å². The fraction of sp³-hybridized carbons (Fsp3) is 0.818. The lowest BCUT2D eigenvalue weighted by Crippen LogP contribution is -2.46. The molecular formula is C11H19NO3. The predicted octanol–water partition coefficient (Wildman–Crippen LogP) is 1.34. The number of likely N-dealkylation sites (tertiary alicyclic amines) is 1. The number of piperidine rings is 1. The van der Waals surface area contributed by atoms with Crippen LogP contribution in [-0.4, -0.2) is 35.5 Å². The van der Waals surface area contributed by atoms with Gasteiger partial charge in [-0.05, 0) is 40.0 Å². The maximum Gasteiger partial charge on any atom is 0.329 e. The topological polar surface area (TPSA) is 46.6 Å². The summed E-state index contributed by atoms with van der Waals surface area (Å²) < 4.78 is 5.27. The third-order valence-electron chi connectivity index (χ3n) is 2.36. The molecule has 0 radical (unpaired) electrons. The fourth-order valence-corrected chi connectivity index (χ4v) is 1.70. The van der Waals surface area contributed by atoms with Gasteiger partial charge in [0.05, 0.1) is 0 Å². The van der Waals surface area contributed by atoms with Crippen molar-refractivity contribution in [1.29, 1.82) is 0 Å². The molecule has 0 aliphatic carbocycles. The van der Waals surface area contributed by atoms with E-state index in [0.717, 1.165) is 19.3 Å². The van der Waals surface area contributed by atoms with Crippen molar-refractivity contribution in [3.63, 3.8) is 0 Å². The molecule has 0 N–H and O–H groups in total. The van der Waals surface area contributed by atoms with E-state index in [1.807, 2.05) is 20.8 Å². The zero-order valence-electron chi connectivity index (χ0n) is 9.66. The molecule has 1 amide bonds. The first-order chi connectivity index (χ1) is 6.94. The maximum absolute atomic E-state index is 11.8. The van der Waals surface area contributed by atoms with Crippen molar-refractivity contribution in [2.75, 3.05) is 6.54 Å². The monoisotopic (exact) mass is 213 g/mol. The Balaban J connectivity index is 2.60. The van der Waals surface area contributed by atoms with Gasteiger partial charge in [0.1, 0.15) is 11.6 Å². The largest absolute Gasteiger partial charge is 0.458 e. The predicted molar refractivity (Wildman–Crippen MR) is 56.3 cm³/mol. The minimum atomic E-state index is -0.483.